The Morgan fingerprint density at radius 3 is 2.53 bits per heavy atom. The van der Waals surface area contributed by atoms with Crippen LogP contribution in [0.15, 0.2) is 24.3 Å². The van der Waals surface area contributed by atoms with Crippen molar-refractivity contribution in [2.45, 2.75) is 50.5 Å². The first kappa shape index (κ1) is 14.5. The summed E-state index contributed by atoms with van der Waals surface area (Å²) >= 11 is 0. The van der Waals surface area contributed by atoms with Crippen LogP contribution in [0, 0.1) is 0 Å². The van der Waals surface area contributed by atoms with Gasteiger partial charge in [-0.2, -0.15) is 0 Å². The molecule has 4 nitrogen and oxygen atoms in total. The molecule has 2 rings (SSSR count). The lowest BCUT2D eigenvalue weighted by molar-refractivity contribution is 0.281. The van der Waals surface area contributed by atoms with Crippen LogP contribution in [-0.2, 0) is 22.4 Å². The van der Waals surface area contributed by atoms with E-state index in [4.69, 9.17) is 5.11 Å². The number of hydrogen-bond acceptors (Lipinski definition) is 3. The molecule has 1 fully saturated rings. The zero-order valence-corrected chi connectivity index (χ0v) is 11.8. The van der Waals surface area contributed by atoms with Gasteiger partial charge in [-0.05, 0) is 24.0 Å². The molecular weight excluding hydrogens is 262 g/mol. The van der Waals surface area contributed by atoms with Gasteiger partial charge in [-0.15, -0.1) is 0 Å². The second-order valence-corrected chi connectivity index (χ2v) is 6.94. The van der Waals surface area contributed by atoms with E-state index in [0.29, 0.717) is 0 Å². The third-order valence-electron chi connectivity index (χ3n) is 3.48. The van der Waals surface area contributed by atoms with Gasteiger partial charge < -0.3 is 5.11 Å². The molecule has 0 aromatic heterocycles. The Morgan fingerprint density at radius 2 is 1.84 bits per heavy atom. The predicted octanol–water partition coefficient (Wildman–Crippen LogP) is 1.93. The van der Waals surface area contributed by atoms with Gasteiger partial charge in [0.2, 0.25) is 10.0 Å². The average molecular weight is 283 g/mol. The minimum Gasteiger partial charge on any atom is -0.392 e. The van der Waals surface area contributed by atoms with E-state index in [1.54, 1.807) is 24.3 Å². The fourth-order valence-electron chi connectivity index (χ4n) is 2.55. The van der Waals surface area contributed by atoms with Crippen molar-refractivity contribution in [2.24, 2.45) is 0 Å². The summed E-state index contributed by atoms with van der Waals surface area (Å²) < 4.78 is 27.0. The maximum Gasteiger partial charge on any atom is 0.216 e. The van der Waals surface area contributed by atoms with Crippen LogP contribution in [0.3, 0.4) is 0 Å². The molecule has 1 aliphatic rings. The lowest BCUT2D eigenvalue weighted by atomic mass is 9.96. The summed E-state index contributed by atoms with van der Waals surface area (Å²) in [6, 6.07) is 7.17. The summed E-state index contributed by atoms with van der Waals surface area (Å²) in [4.78, 5) is 0. The van der Waals surface area contributed by atoms with Crippen LogP contribution in [0.25, 0.3) is 0 Å². The van der Waals surface area contributed by atoms with Crippen molar-refractivity contribution in [3.63, 3.8) is 0 Å². The normalized spacial score (nSPS) is 17.5. The van der Waals surface area contributed by atoms with Crippen LogP contribution < -0.4 is 4.72 Å². The standard InChI is InChI=1S/C14H21NO3S/c16-10-12-5-4-6-13(9-12)11-19(17,18)15-14-7-2-1-3-8-14/h4-6,9,14-16H,1-3,7-8,10-11H2. The largest absolute Gasteiger partial charge is 0.392 e. The maximum absolute atomic E-state index is 12.1. The highest BCUT2D eigenvalue weighted by Gasteiger charge is 2.20. The molecule has 1 aliphatic carbocycles. The van der Waals surface area contributed by atoms with E-state index in [0.717, 1.165) is 36.8 Å². The Balaban J connectivity index is 1.99. The predicted molar refractivity (Wildman–Crippen MR) is 75.0 cm³/mol. The average Bonchev–Trinajstić information content (AvgIpc) is 2.39. The van der Waals surface area contributed by atoms with E-state index in [2.05, 4.69) is 4.72 Å². The number of nitrogens with one attached hydrogen (secondary N) is 1. The van der Waals surface area contributed by atoms with Crippen molar-refractivity contribution < 1.29 is 13.5 Å². The summed E-state index contributed by atoms with van der Waals surface area (Å²) in [6.07, 6.45) is 5.29. The highest BCUT2D eigenvalue weighted by Crippen LogP contribution is 2.19. The van der Waals surface area contributed by atoms with Crippen LogP contribution in [0.2, 0.25) is 0 Å². The van der Waals surface area contributed by atoms with Gasteiger partial charge >= 0.3 is 0 Å². The quantitative estimate of drug-likeness (QED) is 0.867. The monoisotopic (exact) mass is 283 g/mol. The minimum absolute atomic E-state index is 0.0165. The van der Waals surface area contributed by atoms with Gasteiger partial charge in [0.25, 0.3) is 0 Å². The molecule has 0 bridgehead atoms. The first-order chi connectivity index (χ1) is 9.09. The Bertz CT molecular complexity index is 507. The van der Waals surface area contributed by atoms with Crippen LogP contribution in [0.1, 0.15) is 43.2 Å². The first-order valence-electron chi connectivity index (χ1n) is 6.78. The Morgan fingerprint density at radius 1 is 1.16 bits per heavy atom. The molecule has 0 saturated heterocycles. The van der Waals surface area contributed by atoms with Gasteiger partial charge in [0, 0.05) is 6.04 Å². The smallest absolute Gasteiger partial charge is 0.216 e. The number of aliphatic hydroxyl groups is 1. The molecule has 0 heterocycles. The summed E-state index contributed by atoms with van der Waals surface area (Å²) in [7, 11) is -3.29. The van der Waals surface area contributed by atoms with E-state index in [9.17, 15) is 8.42 Å². The lowest BCUT2D eigenvalue weighted by Crippen LogP contribution is -2.36. The number of benzene rings is 1. The summed E-state index contributed by atoms with van der Waals surface area (Å²) in [5.74, 6) is -0.0165. The zero-order valence-electron chi connectivity index (χ0n) is 11.0. The van der Waals surface area contributed by atoms with Crippen molar-refractivity contribution in [3.8, 4) is 0 Å². The number of hydrogen-bond donors (Lipinski definition) is 2. The van der Waals surface area contributed by atoms with Crippen molar-refractivity contribution >= 4 is 10.0 Å². The van der Waals surface area contributed by atoms with E-state index < -0.39 is 10.0 Å². The van der Waals surface area contributed by atoms with Crippen molar-refractivity contribution in [2.75, 3.05) is 0 Å². The first-order valence-corrected chi connectivity index (χ1v) is 8.43. The molecule has 0 amide bonds. The highest BCUT2D eigenvalue weighted by atomic mass is 32.2. The fraction of sp³-hybridized carbons (Fsp3) is 0.571. The second kappa shape index (κ2) is 6.50. The molecule has 1 aromatic carbocycles. The third kappa shape index (κ3) is 4.60. The van der Waals surface area contributed by atoms with Gasteiger partial charge in [0.05, 0.1) is 12.4 Å². The molecule has 0 spiro atoms. The topological polar surface area (TPSA) is 66.4 Å². The van der Waals surface area contributed by atoms with Gasteiger partial charge in [-0.25, -0.2) is 13.1 Å². The molecule has 5 heteroatoms. The van der Waals surface area contributed by atoms with Crippen LogP contribution in [0.4, 0.5) is 0 Å². The van der Waals surface area contributed by atoms with Crippen molar-refractivity contribution in [1.29, 1.82) is 0 Å². The van der Waals surface area contributed by atoms with E-state index in [1.807, 2.05) is 0 Å². The number of sulfonamides is 1. The SMILES string of the molecule is O=S(=O)(Cc1cccc(CO)c1)NC1CCCCC1. The minimum atomic E-state index is -3.29. The molecule has 19 heavy (non-hydrogen) atoms. The maximum atomic E-state index is 12.1. The van der Waals surface area contributed by atoms with Crippen LogP contribution in [-0.4, -0.2) is 19.6 Å². The van der Waals surface area contributed by atoms with E-state index in [1.165, 1.54) is 6.42 Å². The molecule has 0 aliphatic heterocycles. The Hall–Kier alpha value is -0.910. The van der Waals surface area contributed by atoms with Gasteiger partial charge in [0.1, 0.15) is 0 Å². The molecule has 0 radical (unpaired) electrons. The summed E-state index contributed by atoms with van der Waals surface area (Å²) in [6.45, 7) is -0.0655. The highest BCUT2D eigenvalue weighted by molar-refractivity contribution is 7.88. The fourth-order valence-corrected chi connectivity index (χ4v) is 4.00. The Labute approximate surface area is 114 Å². The Kier molecular flexibility index (Phi) is 4.96. The summed E-state index contributed by atoms with van der Waals surface area (Å²) in [5.41, 5.74) is 1.46. The zero-order chi connectivity index (χ0) is 13.7. The molecular formula is C14H21NO3S. The third-order valence-corrected chi connectivity index (χ3v) is 4.89. The molecule has 106 valence electrons. The molecule has 0 unspecified atom stereocenters. The molecule has 0 atom stereocenters. The van der Waals surface area contributed by atoms with Gasteiger partial charge in [-0.1, -0.05) is 43.5 Å². The van der Waals surface area contributed by atoms with Crippen molar-refractivity contribution in [1.82, 2.24) is 4.72 Å². The lowest BCUT2D eigenvalue weighted by Gasteiger charge is -2.22. The molecule has 1 aromatic rings. The van der Waals surface area contributed by atoms with E-state index >= 15 is 0 Å². The number of rotatable bonds is 5. The number of aliphatic hydroxyl groups excluding tert-OH is 1. The van der Waals surface area contributed by atoms with Gasteiger partial charge in [-0.3, -0.25) is 0 Å². The van der Waals surface area contributed by atoms with Crippen LogP contribution >= 0.6 is 0 Å². The van der Waals surface area contributed by atoms with Crippen molar-refractivity contribution in [3.05, 3.63) is 35.4 Å². The van der Waals surface area contributed by atoms with Crippen LogP contribution in [0.5, 0.6) is 0 Å². The van der Waals surface area contributed by atoms with E-state index in [-0.39, 0.29) is 18.4 Å². The summed E-state index contributed by atoms with van der Waals surface area (Å²) in [5, 5.41) is 9.06. The van der Waals surface area contributed by atoms with Gasteiger partial charge in [0.15, 0.2) is 0 Å². The second-order valence-electron chi connectivity index (χ2n) is 5.19. The molecule has 2 N–H and O–H groups in total. The molecule has 1 saturated carbocycles.